The average molecular weight is 356 g/mol. The van der Waals surface area contributed by atoms with E-state index in [2.05, 4.69) is 15.9 Å². The molecule has 5 heteroatoms. The van der Waals surface area contributed by atoms with Crippen molar-refractivity contribution in [3.8, 4) is 5.75 Å². The maximum Gasteiger partial charge on any atom is 0.133 e. The third-order valence-corrected chi connectivity index (χ3v) is 3.98. The van der Waals surface area contributed by atoms with E-state index in [0.717, 1.165) is 10.0 Å². The van der Waals surface area contributed by atoms with E-state index < -0.39 is 17.7 Å². The SMILES string of the molecule is COc1ccc(CC(N)c2c(F)ccc(C)c2F)cc1Br. The lowest BCUT2D eigenvalue weighted by molar-refractivity contribution is 0.412. The van der Waals surface area contributed by atoms with Crippen LogP contribution in [0, 0.1) is 18.6 Å². The number of hydrogen-bond acceptors (Lipinski definition) is 2. The van der Waals surface area contributed by atoms with Gasteiger partial charge in [-0.15, -0.1) is 0 Å². The Morgan fingerprint density at radius 2 is 1.95 bits per heavy atom. The molecule has 2 rings (SSSR count). The second-order valence-electron chi connectivity index (χ2n) is 4.87. The minimum absolute atomic E-state index is 0.0676. The van der Waals surface area contributed by atoms with Crippen LogP contribution in [0.2, 0.25) is 0 Å². The molecule has 0 aliphatic heterocycles. The molecule has 0 radical (unpaired) electrons. The molecule has 0 amide bonds. The Kier molecular flexibility index (Phi) is 4.96. The second-order valence-corrected chi connectivity index (χ2v) is 5.73. The number of halogens is 3. The van der Waals surface area contributed by atoms with Crippen LogP contribution >= 0.6 is 15.9 Å². The summed E-state index contributed by atoms with van der Waals surface area (Å²) in [5.74, 6) is -0.492. The summed E-state index contributed by atoms with van der Waals surface area (Å²) in [7, 11) is 1.57. The van der Waals surface area contributed by atoms with Crippen LogP contribution < -0.4 is 10.5 Å². The van der Waals surface area contributed by atoms with E-state index in [1.165, 1.54) is 12.1 Å². The molecule has 0 aromatic heterocycles. The summed E-state index contributed by atoms with van der Waals surface area (Å²) in [5.41, 5.74) is 7.18. The Hall–Kier alpha value is -1.46. The van der Waals surface area contributed by atoms with Gasteiger partial charge in [-0.3, -0.25) is 0 Å². The highest BCUT2D eigenvalue weighted by molar-refractivity contribution is 9.10. The van der Waals surface area contributed by atoms with Gasteiger partial charge in [-0.1, -0.05) is 12.1 Å². The van der Waals surface area contributed by atoms with Gasteiger partial charge in [0.2, 0.25) is 0 Å². The molecule has 2 nitrogen and oxygen atoms in total. The van der Waals surface area contributed by atoms with Crippen LogP contribution in [0.3, 0.4) is 0 Å². The maximum absolute atomic E-state index is 14.1. The Bertz CT molecular complexity index is 661. The monoisotopic (exact) mass is 355 g/mol. The van der Waals surface area contributed by atoms with Gasteiger partial charge in [0.05, 0.1) is 11.6 Å². The highest BCUT2D eigenvalue weighted by atomic mass is 79.9. The molecule has 0 fully saturated rings. The first-order chi connectivity index (χ1) is 9.93. The largest absolute Gasteiger partial charge is 0.496 e. The molecule has 0 bridgehead atoms. The molecule has 1 unspecified atom stereocenters. The van der Waals surface area contributed by atoms with Crippen LogP contribution in [0.1, 0.15) is 22.7 Å². The van der Waals surface area contributed by atoms with Crippen molar-refractivity contribution in [1.82, 2.24) is 0 Å². The van der Waals surface area contributed by atoms with Gasteiger partial charge in [-0.25, -0.2) is 8.78 Å². The van der Waals surface area contributed by atoms with E-state index >= 15 is 0 Å². The van der Waals surface area contributed by atoms with Gasteiger partial charge in [0, 0.05) is 11.6 Å². The standard InChI is InChI=1S/C16H16BrF2NO/c1-9-3-5-12(18)15(16(9)19)13(20)8-10-4-6-14(21-2)11(17)7-10/h3-7,13H,8,20H2,1-2H3. The van der Waals surface area contributed by atoms with Gasteiger partial charge in [0.25, 0.3) is 0 Å². The van der Waals surface area contributed by atoms with Crippen molar-refractivity contribution < 1.29 is 13.5 Å². The van der Waals surface area contributed by atoms with Crippen molar-refractivity contribution >= 4 is 15.9 Å². The average Bonchev–Trinajstić information content (AvgIpc) is 2.43. The van der Waals surface area contributed by atoms with Crippen LogP contribution in [0.25, 0.3) is 0 Å². The van der Waals surface area contributed by atoms with Gasteiger partial charge in [0.15, 0.2) is 0 Å². The zero-order valence-electron chi connectivity index (χ0n) is 11.8. The van der Waals surface area contributed by atoms with E-state index in [0.29, 0.717) is 17.7 Å². The fourth-order valence-corrected chi connectivity index (χ4v) is 2.80. The Labute approximate surface area is 131 Å². The maximum atomic E-state index is 14.1. The highest BCUT2D eigenvalue weighted by Gasteiger charge is 2.19. The van der Waals surface area contributed by atoms with Gasteiger partial charge in [-0.05, 0) is 58.6 Å². The van der Waals surface area contributed by atoms with E-state index in [4.69, 9.17) is 10.5 Å². The normalized spacial score (nSPS) is 12.3. The molecule has 0 aliphatic carbocycles. The number of hydrogen-bond donors (Lipinski definition) is 1. The van der Waals surface area contributed by atoms with Crippen LogP contribution in [0.5, 0.6) is 5.75 Å². The van der Waals surface area contributed by atoms with Gasteiger partial charge in [0.1, 0.15) is 17.4 Å². The van der Waals surface area contributed by atoms with Gasteiger partial charge in [-0.2, -0.15) is 0 Å². The summed E-state index contributed by atoms with van der Waals surface area (Å²) >= 11 is 3.38. The van der Waals surface area contributed by atoms with Crippen molar-refractivity contribution in [3.05, 3.63) is 63.1 Å². The van der Waals surface area contributed by atoms with E-state index in [1.54, 1.807) is 20.1 Å². The van der Waals surface area contributed by atoms with Crippen molar-refractivity contribution in [2.75, 3.05) is 7.11 Å². The number of ether oxygens (including phenoxy) is 1. The Balaban J connectivity index is 2.28. The van der Waals surface area contributed by atoms with Crippen molar-refractivity contribution in [3.63, 3.8) is 0 Å². The molecule has 0 saturated carbocycles. The van der Waals surface area contributed by atoms with Gasteiger partial charge < -0.3 is 10.5 Å². The quantitative estimate of drug-likeness (QED) is 0.887. The molecule has 112 valence electrons. The first kappa shape index (κ1) is 15.9. The van der Waals surface area contributed by atoms with E-state index in [9.17, 15) is 8.78 Å². The van der Waals surface area contributed by atoms with Crippen LogP contribution in [0.4, 0.5) is 8.78 Å². The summed E-state index contributed by atoms with van der Waals surface area (Å²) in [6.07, 6.45) is 0.333. The lowest BCUT2D eigenvalue weighted by Gasteiger charge is -2.16. The summed E-state index contributed by atoms with van der Waals surface area (Å²) in [6.45, 7) is 1.59. The smallest absolute Gasteiger partial charge is 0.133 e. The van der Waals surface area contributed by atoms with Crippen LogP contribution in [0.15, 0.2) is 34.8 Å². The predicted molar refractivity (Wildman–Crippen MR) is 82.4 cm³/mol. The summed E-state index contributed by atoms with van der Waals surface area (Å²) in [5, 5.41) is 0. The van der Waals surface area contributed by atoms with Crippen molar-refractivity contribution in [1.29, 1.82) is 0 Å². The topological polar surface area (TPSA) is 35.2 Å². The molecule has 0 saturated heterocycles. The van der Waals surface area contributed by atoms with Crippen LogP contribution in [-0.4, -0.2) is 7.11 Å². The lowest BCUT2D eigenvalue weighted by Crippen LogP contribution is -2.17. The van der Waals surface area contributed by atoms with Crippen LogP contribution in [-0.2, 0) is 6.42 Å². The molecule has 21 heavy (non-hydrogen) atoms. The second kappa shape index (κ2) is 6.54. The summed E-state index contributed by atoms with van der Waals surface area (Å²) < 4.78 is 33.8. The fourth-order valence-electron chi connectivity index (χ4n) is 2.21. The van der Waals surface area contributed by atoms with Crippen molar-refractivity contribution in [2.24, 2.45) is 5.73 Å². The molecule has 0 spiro atoms. The fraction of sp³-hybridized carbons (Fsp3) is 0.250. The molecule has 0 aliphatic rings. The Morgan fingerprint density at radius 3 is 2.57 bits per heavy atom. The van der Waals surface area contributed by atoms with Crippen molar-refractivity contribution in [2.45, 2.75) is 19.4 Å². The van der Waals surface area contributed by atoms with Gasteiger partial charge >= 0.3 is 0 Å². The zero-order chi connectivity index (χ0) is 15.6. The zero-order valence-corrected chi connectivity index (χ0v) is 13.4. The number of methoxy groups -OCH3 is 1. The number of nitrogens with two attached hydrogens (primary N) is 1. The molecular formula is C16H16BrF2NO. The first-order valence-corrected chi connectivity index (χ1v) is 7.25. The summed E-state index contributed by atoms with van der Waals surface area (Å²) in [4.78, 5) is 0. The lowest BCUT2D eigenvalue weighted by atomic mass is 9.97. The Morgan fingerprint density at radius 1 is 1.24 bits per heavy atom. The minimum Gasteiger partial charge on any atom is -0.496 e. The molecule has 2 aromatic rings. The third kappa shape index (κ3) is 3.41. The third-order valence-electron chi connectivity index (χ3n) is 3.36. The number of aryl methyl sites for hydroxylation is 1. The molecule has 1 atom stereocenters. The van der Waals surface area contributed by atoms with E-state index in [1.807, 2.05) is 12.1 Å². The first-order valence-electron chi connectivity index (χ1n) is 6.46. The molecule has 2 aromatic carbocycles. The van der Waals surface area contributed by atoms with E-state index in [-0.39, 0.29) is 5.56 Å². The molecule has 0 heterocycles. The minimum atomic E-state index is -0.745. The highest BCUT2D eigenvalue weighted by Crippen LogP contribution is 2.29. The number of benzene rings is 2. The number of rotatable bonds is 4. The predicted octanol–water partition coefficient (Wildman–Crippen LogP) is 4.29. The summed E-state index contributed by atoms with van der Waals surface area (Å²) in [6, 6.07) is 7.36. The molecule has 2 N–H and O–H groups in total. The molecular weight excluding hydrogens is 340 g/mol.